The molecule has 0 atom stereocenters. The van der Waals surface area contributed by atoms with E-state index in [1.54, 1.807) is 36.2 Å². The lowest BCUT2D eigenvalue weighted by Crippen LogP contribution is -2.49. The first-order chi connectivity index (χ1) is 14.9. The van der Waals surface area contributed by atoms with E-state index in [0.29, 0.717) is 53.7 Å². The van der Waals surface area contributed by atoms with Crippen LogP contribution in [0.1, 0.15) is 45.5 Å². The van der Waals surface area contributed by atoms with Gasteiger partial charge in [0, 0.05) is 51.0 Å². The standard InChI is InChI=1S/C23H26ClFN4O2/c1-16-5-6-17(14-20(16)25)22(30)29-11-9-27(10-12-29)21-19(24)13-18(15-26-21)23(31)28-7-3-2-4-8-28/h5-6,13-15H,2-4,7-12H2,1H3. The largest absolute Gasteiger partial charge is 0.352 e. The molecule has 31 heavy (non-hydrogen) atoms. The van der Waals surface area contributed by atoms with Gasteiger partial charge in [0.05, 0.1) is 10.6 Å². The molecule has 0 unspecified atom stereocenters. The van der Waals surface area contributed by atoms with Gasteiger partial charge in [-0.2, -0.15) is 0 Å². The molecular formula is C23H26ClFN4O2. The summed E-state index contributed by atoms with van der Waals surface area (Å²) in [4.78, 5) is 35.4. The van der Waals surface area contributed by atoms with E-state index in [-0.39, 0.29) is 17.6 Å². The number of carbonyl (C=O) groups is 2. The quantitative estimate of drug-likeness (QED) is 0.723. The molecule has 0 spiro atoms. The van der Waals surface area contributed by atoms with Crippen molar-refractivity contribution in [3.05, 3.63) is 58.0 Å². The fourth-order valence-electron chi connectivity index (χ4n) is 4.09. The van der Waals surface area contributed by atoms with E-state index in [1.165, 1.54) is 6.07 Å². The van der Waals surface area contributed by atoms with Gasteiger partial charge in [0.25, 0.3) is 11.8 Å². The van der Waals surface area contributed by atoms with Crippen LogP contribution in [-0.4, -0.2) is 65.9 Å². The number of amides is 2. The van der Waals surface area contributed by atoms with Gasteiger partial charge in [-0.05, 0) is 49.9 Å². The van der Waals surface area contributed by atoms with Crippen LogP contribution in [-0.2, 0) is 0 Å². The average Bonchev–Trinajstić information content (AvgIpc) is 2.80. The summed E-state index contributed by atoms with van der Waals surface area (Å²) >= 11 is 6.48. The number of aryl methyl sites for hydroxylation is 1. The molecule has 8 heteroatoms. The summed E-state index contributed by atoms with van der Waals surface area (Å²) in [5.74, 6) is 0.0338. The van der Waals surface area contributed by atoms with Crippen molar-refractivity contribution < 1.29 is 14.0 Å². The molecule has 3 heterocycles. The van der Waals surface area contributed by atoms with Gasteiger partial charge in [-0.25, -0.2) is 9.37 Å². The molecule has 2 aromatic rings. The average molecular weight is 445 g/mol. The zero-order chi connectivity index (χ0) is 22.0. The second-order valence-corrected chi connectivity index (χ2v) is 8.53. The van der Waals surface area contributed by atoms with E-state index in [0.717, 1.165) is 32.4 Å². The number of halogens is 2. The topological polar surface area (TPSA) is 56.8 Å². The highest BCUT2D eigenvalue weighted by Gasteiger charge is 2.25. The molecule has 1 aromatic carbocycles. The van der Waals surface area contributed by atoms with Crippen LogP contribution in [0.4, 0.5) is 10.2 Å². The maximum absolute atomic E-state index is 13.8. The van der Waals surface area contributed by atoms with E-state index >= 15 is 0 Å². The number of carbonyl (C=O) groups excluding carboxylic acids is 2. The lowest BCUT2D eigenvalue weighted by Gasteiger charge is -2.36. The van der Waals surface area contributed by atoms with Crippen molar-refractivity contribution in [2.45, 2.75) is 26.2 Å². The normalized spacial score (nSPS) is 17.1. The molecule has 2 aliphatic heterocycles. The maximum atomic E-state index is 13.8. The minimum atomic E-state index is -0.375. The molecule has 0 radical (unpaired) electrons. The monoisotopic (exact) mass is 444 g/mol. The van der Waals surface area contributed by atoms with Gasteiger partial charge in [-0.1, -0.05) is 17.7 Å². The molecule has 0 N–H and O–H groups in total. The van der Waals surface area contributed by atoms with Crippen molar-refractivity contribution >= 4 is 29.2 Å². The molecule has 4 rings (SSSR count). The Morgan fingerprint density at radius 1 is 0.903 bits per heavy atom. The van der Waals surface area contributed by atoms with Crippen molar-refractivity contribution in [2.24, 2.45) is 0 Å². The van der Waals surface area contributed by atoms with Crippen LogP contribution in [0.25, 0.3) is 0 Å². The van der Waals surface area contributed by atoms with Crippen molar-refractivity contribution in [3.8, 4) is 0 Å². The summed E-state index contributed by atoms with van der Waals surface area (Å²) in [6, 6.07) is 6.26. The highest BCUT2D eigenvalue weighted by Crippen LogP contribution is 2.26. The zero-order valence-electron chi connectivity index (χ0n) is 17.6. The summed E-state index contributed by atoms with van der Waals surface area (Å²) in [6.07, 6.45) is 4.81. The number of piperidine rings is 1. The van der Waals surface area contributed by atoms with Gasteiger partial charge < -0.3 is 14.7 Å². The van der Waals surface area contributed by atoms with Crippen LogP contribution in [0.15, 0.2) is 30.5 Å². The second kappa shape index (κ2) is 9.22. The van der Waals surface area contributed by atoms with Crippen molar-refractivity contribution in [3.63, 3.8) is 0 Å². The number of hydrogen-bond donors (Lipinski definition) is 0. The smallest absolute Gasteiger partial charge is 0.255 e. The Morgan fingerprint density at radius 3 is 2.19 bits per heavy atom. The van der Waals surface area contributed by atoms with E-state index in [1.807, 2.05) is 9.80 Å². The molecule has 0 saturated carbocycles. The van der Waals surface area contributed by atoms with E-state index in [9.17, 15) is 14.0 Å². The molecule has 164 valence electrons. The molecule has 2 aliphatic rings. The van der Waals surface area contributed by atoms with Crippen LogP contribution in [0.2, 0.25) is 5.02 Å². The lowest BCUT2D eigenvalue weighted by atomic mass is 10.1. The second-order valence-electron chi connectivity index (χ2n) is 8.13. The molecular weight excluding hydrogens is 419 g/mol. The summed E-state index contributed by atoms with van der Waals surface area (Å²) in [5, 5.41) is 0.434. The van der Waals surface area contributed by atoms with Crippen LogP contribution in [0.5, 0.6) is 0 Å². The Labute approximate surface area is 186 Å². The molecule has 6 nitrogen and oxygen atoms in total. The lowest BCUT2D eigenvalue weighted by molar-refractivity contribution is 0.0721. The molecule has 0 aliphatic carbocycles. The Bertz CT molecular complexity index is 986. The van der Waals surface area contributed by atoms with Crippen LogP contribution < -0.4 is 4.90 Å². The van der Waals surface area contributed by atoms with Gasteiger partial charge in [-0.15, -0.1) is 0 Å². The summed E-state index contributed by atoms with van der Waals surface area (Å²) in [7, 11) is 0. The Balaban J connectivity index is 1.39. The van der Waals surface area contributed by atoms with E-state index in [2.05, 4.69) is 4.98 Å². The minimum absolute atomic E-state index is 0.0265. The van der Waals surface area contributed by atoms with Crippen LogP contribution in [0, 0.1) is 12.7 Å². The molecule has 2 fully saturated rings. The first kappa shape index (κ1) is 21.6. The number of piperazine rings is 1. The fraction of sp³-hybridized carbons (Fsp3) is 0.435. The van der Waals surface area contributed by atoms with Crippen LogP contribution in [0.3, 0.4) is 0 Å². The number of pyridine rings is 1. The highest BCUT2D eigenvalue weighted by molar-refractivity contribution is 6.33. The molecule has 2 amide bonds. The predicted octanol–water partition coefficient (Wildman–Crippen LogP) is 3.77. The first-order valence-electron chi connectivity index (χ1n) is 10.7. The van der Waals surface area contributed by atoms with Crippen molar-refractivity contribution in [1.82, 2.24) is 14.8 Å². The van der Waals surface area contributed by atoms with Crippen molar-refractivity contribution in [2.75, 3.05) is 44.2 Å². The first-order valence-corrected chi connectivity index (χ1v) is 11.1. The number of likely N-dealkylation sites (tertiary alicyclic amines) is 1. The molecule has 0 bridgehead atoms. The molecule has 1 aromatic heterocycles. The number of hydrogen-bond acceptors (Lipinski definition) is 4. The van der Waals surface area contributed by atoms with Gasteiger partial charge in [0.15, 0.2) is 0 Å². The summed E-state index contributed by atoms with van der Waals surface area (Å²) in [6.45, 7) is 5.32. The van der Waals surface area contributed by atoms with Crippen molar-refractivity contribution in [1.29, 1.82) is 0 Å². The maximum Gasteiger partial charge on any atom is 0.255 e. The Kier molecular flexibility index (Phi) is 6.41. The predicted molar refractivity (Wildman–Crippen MR) is 118 cm³/mol. The number of nitrogens with zero attached hydrogens (tertiary/aromatic N) is 4. The Morgan fingerprint density at radius 2 is 1.55 bits per heavy atom. The van der Waals surface area contributed by atoms with E-state index in [4.69, 9.17) is 11.6 Å². The Hall–Kier alpha value is -2.67. The fourth-order valence-corrected chi connectivity index (χ4v) is 4.38. The zero-order valence-corrected chi connectivity index (χ0v) is 18.4. The van der Waals surface area contributed by atoms with E-state index < -0.39 is 0 Å². The number of anilines is 1. The third-order valence-electron chi connectivity index (χ3n) is 6.00. The van der Waals surface area contributed by atoms with Gasteiger partial charge in [-0.3, -0.25) is 9.59 Å². The van der Waals surface area contributed by atoms with Gasteiger partial charge in [0.2, 0.25) is 0 Å². The van der Waals surface area contributed by atoms with Gasteiger partial charge in [0.1, 0.15) is 11.6 Å². The molecule has 2 saturated heterocycles. The number of aromatic nitrogens is 1. The minimum Gasteiger partial charge on any atom is -0.352 e. The number of benzene rings is 1. The highest BCUT2D eigenvalue weighted by atomic mass is 35.5. The third-order valence-corrected chi connectivity index (χ3v) is 6.28. The number of rotatable bonds is 3. The van der Waals surface area contributed by atoms with Crippen LogP contribution >= 0.6 is 11.6 Å². The summed E-state index contributed by atoms with van der Waals surface area (Å²) in [5.41, 5.74) is 1.38. The SMILES string of the molecule is Cc1ccc(C(=O)N2CCN(c3ncc(C(=O)N4CCCCC4)cc3Cl)CC2)cc1F. The summed E-state index contributed by atoms with van der Waals surface area (Å²) < 4.78 is 13.8. The third kappa shape index (κ3) is 4.66. The van der Waals surface area contributed by atoms with Gasteiger partial charge >= 0.3 is 0 Å².